The van der Waals surface area contributed by atoms with Crippen molar-refractivity contribution in [3.05, 3.63) is 0 Å². The lowest BCUT2D eigenvalue weighted by atomic mass is 10.3. The number of ether oxygens (including phenoxy) is 1. The fraction of sp³-hybridized carbons (Fsp3) is 0.500. The van der Waals surface area contributed by atoms with E-state index in [2.05, 4.69) is 31.4 Å². The van der Waals surface area contributed by atoms with E-state index in [4.69, 9.17) is 0 Å². The second kappa shape index (κ2) is 5.64. The van der Waals surface area contributed by atoms with Gasteiger partial charge < -0.3 is 4.74 Å². The Bertz CT molecular complexity index is 134. The fourth-order valence-electron chi connectivity index (χ4n) is 0.325. The van der Waals surface area contributed by atoms with E-state index in [1.807, 2.05) is 0 Å². The smallest absolute Gasteiger partial charge is 0.293 e. The van der Waals surface area contributed by atoms with E-state index in [9.17, 15) is 4.79 Å². The van der Waals surface area contributed by atoms with Gasteiger partial charge in [0.1, 0.15) is 6.10 Å². The van der Waals surface area contributed by atoms with E-state index in [1.165, 1.54) is 0 Å². The molecule has 0 aliphatic carbocycles. The normalized spacial score (nSPS) is 10.9. The van der Waals surface area contributed by atoms with Crippen LogP contribution in [-0.4, -0.2) is 12.6 Å². The minimum absolute atomic E-state index is 0.104. The summed E-state index contributed by atoms with van der Waals surface area (Å²) < 4.78 is 4.54. The summed E-state index contributed by atoms with van der Waals surface area (Å²) in [5.41, 5.74) is 0. The van der Waals surface area contributed by atoms with Crippen LogP contribution in [0.1, 0.15) is 13.3 Å². The summed E-state index contributed by atoms with van der Waals surface area (Å²) in [5, 5.41) is 0. The van der Waals surface area contributed by atoms with E-state index in [1.54, 1.807) is 6.92 Å². The molecule has 0 aliphatic heterocycles. The van der Waals surface area contributed by atoms with Crippen LogP contribution in [0.15, 0.2) is 0 Å². The molecule has 0 spiro atoms. The third kappa shape index (κ3) is 5.38. The molecule has 0 radical (unpaired) electrons. The summed E-state index contributed by atoms with van der Waals surface area (Å²) in [6.45, 7) is 2.21. The second-order valence-electron chi connectivity index (χ2n) is 1.52. The topological polar surface area (TPSA) is 26.3 Å². The lowest BCUT2D eigenvalue weighted by Crippen LogP contribution is -2.04. The highest BCUT2D eigenvalue weighted by Crippen LogP contribution is 1.92. The van der Waals surface area contributed by atoms with Crippen LogP contribution in [0.3, 0.4) is 0 Å². The lowest BCUT2D eigenvalue weighted by molar-refractivity contribution is -0.132. The molecule has 0 aromatic heterocycles. The van der Waals surface area contributed by atoms with Crippen LogP contribution in [0.25, 0.3) is 0 Å². The molecule has 0 N–H and O–H groups in total. The van der Waals surface area contributed by atoms with Crippen molar-refractivity contribution in [1.29, 1.82) is 0 Å². The first-order valence-corrected chi connectivity index (χ1v) is 3.28. The largest absolute Gasteiger partial charge is 0.464 e. The van der Waals surface area contributed by atoms with Crippen LogP contribution in [0.2, 0.25) is 0 Å². The number of rotatable bonds is 3. The Hall–Kier alpha value is -0.490. The predicted molar refractivity (Wildman–Crippen MR) is 37.9 cm³/mol. The van der Waals surface area contributed by atoms with Crippen LogP contribution in [0.4, 0.5) is 0 Å². The molecule has 0 aromatic rings. The summed E-state index contributed by atoms with van der Waals surface area (Å²) in [4.78, 5) is 12.2. The average molecular weight is 191 g/mol. The zero-order valence-electron chi connectivity index (χ0n) is 5.06. The van der Waals surface area contributed by atoms with Crippen molar-refractivity contribution in [2.45, 2.75) is 19.4 Å². The van der Waals surface area contributed by atoms with Crippen molar-refractivity contribution in [2.75, 3.05) is 0 Å². The molecule has 0 rings (SSSR count). The Kier molecular flexibility index (Phi) is 5.34. The highest BCUT2D eigenvalue weighted by Gasteiger charge is 1.95. The SMILES string of the molecule is CC(CC#CBr)OC=O. The molecule has 1 atom stereocenters. The third-order valence-corrected chi connectivity index (χ3v) is 1.02. The maximum atomic E-state index is 9.70. The van der Waals surface area contributed by atoms with Gasteiger partial charge in [0.15, 0.2) is 0 Å². The van der Waals surface area contributed by atoms with E-state index in [-0.39, 0.29) is 6.10 Å². The maximum Gasteiger partial charge on any atom is 0.293 e. The van der Waals surface area contributed by atoms with Crippen molar-refractivity contribution in [3.63, 3.8) is 0 Å². The molecule has 0 amide bonds. The zero-order chi connectivity index (χ0) is 7.11. The minimum atomic E-state index is -0.104. The van der Waals surface area contributed by atoms with Crippen LogP contribution in [-0.2, 0) is 9.53 Å². The second-order valence-corrected chi connectivity index (χ2v) is 1.91. The minimum Gasteiger partial charge on any atom is -0.464 e. The molecule has 0 saturated heterocycles. The predicted octanol–water partition coefficient (Wildman–Crippen LogP) is 1.29. The van der Waals surface area contributed by atoms with Crippen molar-refractivity contribution >= 4 is 22.4 Å². The van der Waals surface area contributed by atoms with Gasteiger partial charge in [-0.05, 0) is 11.8 Å². The summed E-state index contributed by atoms with van der Waals surface area (Å²) in [6.07, 6.45) is 0.469. The van der Waals surface area contributed by atoms with Crippen LogP contribution in [0.5, 0.6) is 0 Å². The molecule has 2 nitrogen and oxygen atoms in total. The van der Waals surface area contributed by atoms with Gasteiger partial charge in [-0.25, -0.2) is 0 Å². The molecule has 0 saturated carbocycles. The standard InChI is InChI=1S/C6H7BrO2/c1-6(9-5-8)3-2-4-7/h5-6H,3H2,1H3. The Morgan fingerprint density at radius 1 is 1.89 bits per heavy atom. The summed E-state index contributed by atoms with van der Waals surface area (Å²) in [7, 11) is 0. The third-order valence-electron chi connectivity index (χ3n) is 0.744. The number of carbonyl (C=O) groups is 1. The van der Waals surface area contributed by atoms with Crippen molar-refractivity contribution < 1.29 is 9.53 Å². The van der Waals surface area contributed by atoms with Gasteiger partial charge in [-0.15, -0.1) is 0 Å². The summed E-state index contributed by atoms with van der Waals surface area (Å²) in [6, 6.07) is 0. The maximum absolute atomic E-state index is 9.70. The van der Waals surface area contributed by atoms with Crippen LogP contribution >= 0.6 is 15.9 Å². The number of hydrogen-bond acceptors (Lipinski definition) is 2. The number of halogens is 1. The quantitative estimate of drug-likeness (QED) is 0.496. The average Bonchev–Trinajstić information content (AvgIpc) is 1.85. The molecular weight excluding hydrogens is 184 g/mol. The number of carbonyl (C=O) groups excluding carboxylic acids is 1. The van der Waals surface area contributed by atoms with Gasteiger partial charge >= 0.3 is 0 Å². The molecule has 9 heavy (non-hydrogen) atoms. The molecule has 0 heterocycles. The zero-order valence-corrected chi connectivity index (χ0v) is 6.64. The van der Waals surface area contributed by atoms with Gasteiger partial charge in [-0.1, -0.05) is 5.92 Å². The first-order valence-electron chi connectivity index (χ1n) is 2.49. The van der Waals surface area contributed by atoms with Gasteiger partial charge in [-0.2, -0.15) is 0 Å². The van der Waals surface area contributed by atoms with Crippen molar-refractivity contribution in [3.8, 4) is 10.8 Å². The molecule has 3 heteroatoms. The monoisotopic (exact) mass is 190 g/mol. The summed E-state index contributed by atoms with van der Waals surface area (Å²) >= 11 is 2.92. The molecule has 0 bridgehead atoms. The van der Waals surface area contributed by atoms with E-state index < -0.39 is 0 Å². The van der Waals surface area contributed by atoms with E-state index >= 15 is 0 Å². The first kappa shape index (κ1) is 8.51. The van der Waals surface area contributed by atoms with Gasteiger partial charge in [0.05, 0.1) is 0 Å². The Morgan fingerprint density at radius 2 is 2.56 bits per heavy atom. The highest BCUT2D eigenvalue weighted by atomic mass is 79.9. The number of hydrogen-bond donors (Lipinski definition) is 0. The molecule has 0 aromatic carbocycles. The van der Waals surface area contributed by atoms with Gasteiger partial charge in [0.25, 0.3) is 6.47 Å². The molecule has 50 valence electrons. The Labute approximate surface area is 62.7 Å². The van der Waals surface area contributed by atoms with Gasteiger partial charge in [0.2, 0.25) is 0 Å². The Balaban J connectivity index is 3.33. The van der Waals surface area contributed by atoms with Gasteiger partial charge in [-0.3, -0.25) is 4.79 Å². The Morgan fingerprint density at radius 3 is 3.00 bits per heavy atom. The highest BCUT2D eigenvalue weighted by molar-refractivity contribution is 9.12. The van der Waals surface area contributed by atoms with Crippen LogP contribution in [0, 0.1) is 10.8 Å². The molecule has 0 aliphatic rings. The first-order chi connectivity index (χ1) is 4.31. The fourth-order valence-corrected chi connectivity index (χ4v) is 0.487. The summed E-state index contributed by atoms with van der Waals surface area (Å²) in [5.74, 6) is 2.72. The molecular formula is C6H7BrO2. The van der Waals surface area contributed by atoms with Crippen molar-refractivity contribution in [2.24, 2.45) is 0 Å². The lowest BCUT2D eigenvalue weighted by Gasteiger charge is -2.01. The molecule has 1 unspecified atom stereocenters. The molecule has 0 fully saturated rings. The van der Waals surface area contributed by atoms with Gasteiger partial charge in [0, 0.05) is 22.4 Å². The van der Waals surface area contributed by atoms with E-state index in [0.29, 0.717) is 12.9 Å². The van der Waals surface area contributed by atoms with Crippen molar-refractivity contribution in [1.82, 2.24) is 0 Å². The van der Waals surface area contributed by atoms with E-state index in [0.717, 1.165) is 0 Å². The van der Waals surface area contributed by atoms with Crippen LogP contribution < -0.4 is 0 Å².